The number of fused-ring (bicyclic) bond motifs is 2. The van der Waals surface area contributed by atoms with Crippen LogP contribution in [0.15, 0.2) is 97.3 Å². The Hall–Kier alpha value is -4.39. The Labute approximate surface area is 210 Å². The van der Waals surface area contributed by atoms with Gasteiger partial charge in [0.15, 0.2) is 0 Å². The zero-order valence-corrected chi connectivity index (χ0v) is 19.8. The van der Waals surface area contributed by atoms with Gasteiger partial charge in [0, 0.05) is 18.7 Å². The molecule has 2 aliphatic heterocycles. The number of aromatic nitrogens is 2. The molecule has 4 aromatic rings. The lowest BCUT2D eigenvalue weighted by atomic mass is 10.1. The van der Waals surface area contributed by atoms with Crippen LogP contribution in [-0.4, -0.2) is 56.9 Å². The molecule has 0 aliphatic carbocycles. The molecule has 7 nitrogen and oxygen atoms in total. The molecular formula is C29H27N5O2. The van der Waals surface area contributed by atoms with Gasteiger partial charge in [0.2, 0.25) is 0 Å². The molecule has 3 aromatic carbocycles. The predicted molar refractivity (Wildman–Crippen MR) is 139 cm³/mol. The molecule has 3 heterocycles. The van der Waals surface area contributed by atoms with Crippen LogP contribution in [0.3, 0.4) is 0 Å². The summed E-state index contributed by atoms with van der Waals surface area (Å²) < 4.78 is 0. The number of carbonyl (C=O) groups is 2. The number of para-hydroxylation sites is 2. The Morgan fingerprint density at radius 1 is 0.778 bits per heavy atom. The fraction of sp³-hybridized carbons (Fsp3) is 0.207. The lowest BCUT2D eigenvalue weighted by Crippen LogP contribution is -2.59. The van der Waals surface area contributed by atoms with Gasteiger partial charge in [-0.15, -0.1) is 0 Å². The van der Waals surface area contributed by atoms with Crippen LogP contribution in [0, 0.1) is 0 Å². The Morgan fingerprint density at radius 2 is 1.31 bits per heavy atom. The second-order valence-corrected chi connectivity index (χ2v) is 9.28. The minimum absolute atomic E-state index is 0.0273. The molecule has 36 heavy (non-hydrogen) atoms. The predicted octanol–water partition coefficient (Wildman–Crippen LogP) is 5.32. The van der Waals surface area contributed by atoms with E-state index < -0.39 is 0 Å². The van der Waals surface area contributed by atoms with Crippen LogP contribution in [0.25, 0.3) is 11.3 Å². The van der Waals surface area contributed by atoms with Crippen molar-refractivity contribution in [2.45, 2.75) is 24.9 Å². The number of amides is 3. The van der Waals surface area contributed by atoms with E-state index >= 15 is 0 Å². The van der Waals surface area contributed by atoms with Gasteiger partial charge in [-0.05, 0) is 37.1 Å². The van der Waals surface area contributed by atoms with Crippen LogP contribution >= 0.6 is 0 Å². The molecule has 0 unspecified atom stereocenters. The summed E-state index contributed by atoms with van der Waals surface area (Å²) in [5.74, 6) is -0.0473. The van der Waals surface area contributed by atoms with Crippen LogP contribution in [-0.2, 0) is 0 Å². The summed E-state index contributed by atoms with van der Waals surface area (Å²) in [6.45, 7) is 1.01. The Balaban J connectivity index is 1.25. The lowest BCUT2D eigenvalue weighted by molar-refractivity contribution is 0.0485. The van der Waals surface area contributed by atoms with Crippen molar-refractivity contribution in [1.82, 2.24) is 19.8 Å². The molecule has 0 saturated carbocycles. The molecule has 2 bridgehead atoms. The van der Waals surface area contributed by atoms with Crippen molar-refractivity contribution in [3.8, 4) is 11.3 Å². The third kappa shape index (κ3) is 3.92. The molecule has 1 aromatic heterocycles. The van der Waals surface area contributed by atoms with E-state index in [4.69, 9.17) is 0 Å². The number of nitrogens with one attached hydrogen (secondary N) is 1. The number of nitrogens with zero attached hydrogens (tertiary/aromatic N) is 4. The topological polar surface area (TPSA) is 72.5 Å². The van der Waals surface area contributed by atoms with Crippen molar-refractivity contribution in [2.75, 3.05) is 18.0 Å². The van der Waals surface area contributed by atoms with Crippen molar-refractivity contribution in [1.29, 1.82) is 0 Å². The summed E-state index contributed by atoms with van der Waals surface area (Å²) in [6, 6.07) is 29.1. The zero-order valence-electron chi connectivity index (χ0n) is 19.8. The van der Waals surface area contributed by atoms with E-state index in [0.717, 1.165) is 29.8 Å². The second kappa shape index (κ2) is 9.34. The van der Waals surface area contributed by atoms with Gasteiger partial charge >= 0.3 is 6.03 Å². The average molecular weight is 478 g/mol. The molecule has 180 valence electrons. The molecule has 0 spiro atoms. The molecule has 2 saturated heterocycles. The molecule has 7 heteroatoms. The second-order valence-electron chi connectivity index (χ2n) is 9.28. The van der Waals surface area contributed by atoms with E-state index in [2.05, 4.69) is 9.97 Å². The standard InChI is InChI=1S/C29H27N5O2/c35-28(27-26(30-20-31-27)21-10-4-1-5-11-21)33-24-16-17-25(33)19-32(18-24)29(36)34(22-12-6-2-7-13-22)23-14-8-3-9-15-23/h1-15,20,24-25H,16-19H2,(H,30,31)/t24-,25+. The Kier molecular flexibility index (Phi) is 5.73. The molecule has 2 aliphatic rings. The number of aromatic amines is 1. The smallest absolute Gasteiger partial charge is 0.329 e. The lowest BCUT2D eigenvalue weighted by Gasteiger charge is -2.42. The van der Waals surface area contributed by atoms with Crippen molar-refractivity contribution < 1.29 is 9.59 Å². The van der Waals surface area contributed by atoms with E-state index in [9.17, 15) is 9.59 Å². The number of hydrogen-bond acceptors (Lipinski definition) is 3. The van der Waals surface area contributed by atoms with E-state index in [0.29, 0.717) is 24.5 Å². The molecule has 3 amide bonds. The first-order valence-corrected chi connectivity index (χ1v) is 12.3. The first kappa shape index (κ1) is 22.1. The van der Waals surface area contributed by atoms with Gasteiger partial charge in [0.05, 0.1) is 29.8 Å². The SMILES string of the molecule is O=C(N1C[C@H]2CC[C@@H](C1)N2C(=O)c1[nH]cnc1-c1ccccc1)N(c1ccccc1)c1ccccc1. The number of carbonyl (C=O) groups excluding carboxylic acids is 2. The first-order valence-electron chi connectivity index (χ1n) is 12.3. The highest BCUT2D eigenvalue weighted by Crippen LogP contribution is 2.35. The summed E-state index contributed by atoms with van der Waals surface area (Å²) in [7, 11) is 0. The van der Waals surface area contributed by atoms with Crippen LogP contribution < -0.4 is 4.90 Å². The monoisotopic (exact) mass is 477 g/mol. The quantitative estimate of drug-likeness (QED) is 0.432. The van der Waals surface area contributed by atoms with Crippen LogP contribution in [0.1, 0.15) is 23.3 Å². The maximum atomic E-state index is 13.9. The van der Waals surface area contributed by atoms with Crippen LogP contribution in [0.2, 0.25) is 0 Å². The number of H-pyrrole nitrogens is 1. The number of hydrogen-bond donors (Lipinski definition) is 1. The maximum Gasteiger partial charge on any atom is 0.329 e. The normalized spacial score (nSPS) is 18.8. The number of rotatable bonds is 4. The van der Waals surface area contributed by atoms with Crippen LogP contribution in [0.4, 0.5) is 16.2 Å². The van der Waals surface area contributed by atoms with Gasteiger partial charge in [0.1, 0.15) is 11.4 Å². The van der Waals surface area contributed by atoms with E-state index in [1.54, 1.807) is 11.2 Å². The maximum absolute atomic E-state index is 13.9. The van der Waals surface area contributed by atoms with Gasteiger partial charge in [-0.1, -0.05) is 66.7 Å². The largest absolute Gasteiger partial charge is 0.340 e. The third-order valence-corrected chi connectivity index (χ3v) is 7.11. The van der Waals surface area contributed by atoms with E-state index in [-0.39, 0.29) is 24.0 Å². The van der Waals surface area contributed by atoms with Gasteiger partial charge < -0.3 is 14.8 Å². The number of imidazole rings is 1. The summed E-state index contributed by atoms with van der Waals surface area (Å²) in [5.41, 5.74) is 3.73. The van der Waals surface area contributed by atoms with Crippen molar-refractivity contribution in [2.24, 2.45) is 0 Å². The highest BCUT2D eigenvalue weighted by molar-refractivity contribution is 6.01. The Morgan fingerprint density at radius 3 is 1.86 bits per heavy atom. The number of urea groups is 1. The van der Waals surface area contributed by atoms with Gasteiger partial charge in [-0.2, -0.15) is 0 Å². The minimum atomic E-state index is -0.0667. The van der Waals surface area contributed by atoms with Gasteiger partial charge in [-0.3, -0.25) is 9.69 Å². The number of piperazine rings is 1. The van der Waals surface area contributed by atoms with Crippen molar-refractivity contribution in [3.05, 3.63) is 103 Å². The molecule has 6 rings (SSSR count). The Bertz CT molecular complexity index is 1300. The number of likely N-dealkylation sites (tertiary alicyclic amines) is 1. The van der Waals surface area contributed by atoms with Crippen molar-refractivity contribution >= 4 is 23.3 Å². The third-order valence-electron chi connectivity index (χ3n) is 7.11. The zero-order chi connectivity index (χ0) is 24.5. The van der Waals surface area contributed by atoms with Gasteiger partial charge in [0.25, 0.3) is 5.91 Å². The highest BCUT2D eigenvalue weighted by atomic mass is 16.2. The summed E-state index contributed by atoms with van der Waals surface area (Å²) in [6.07, 6.45) is 3.34. The van der Waals surface area contributed by atoms with Gasteiger partial charge in [-0.25, -0.2) is 9.78 Å². The fourth-order valence-electron chi connectivity index (χ4n) is 5.46. The summed E-state index contributed by atoms with van der Waals surface area (Å²) >= 11 is 0. The minimum Gasteiger partial charge on any atom is -0.340 e. The average Bonchev–Trinajstić information content (AvgIpc) is 3.52. The molecule has 0 radical (unpaired) electrons. The molecule has 2 atom stereocenters. The van der Waals surface area contributed by atoms with E-state index in [1.807, 2.05) is 101 Å². The first-order chi connectivity index (χ1) is 17.7. The molecule has 2 fully saturated rings. The number of anilines is 2. The van der Waals surface area contributed by atoms with E-state index in [1.165, 1.54) is 0 Å². The fourth-order valence-corrected chi connectivity index (χ4v) is 5.46. The summed E-state index contributed by atoms with van der Waals surface area (Å²) in [5, 5.41) is 0. The van der Waals surface area contributed by atoms with Crippen molar-refractivity contribution in [3.63, 3.8) is 0 Å². The summed E-state index contributed by atoms with van der Waals surface area (Å²) in [4.78, 5) is 40.7. The highest BCUT2D eigenvalue weighted by Gasteiger charge is 2.45. The molecule has 1 N–H and O–H groups in total. The number of benzene rings is 3. The van der Waals surface area contributed by atoms with Crippen LogP contribution in [0.5, 0.6) is 0 Å². The molecular weight excluding hydrogens is 450 g/mol.